The molecule has 0 spiro atoms. The minimum Gasteiger partial charge on any atom is -0.486 e. The molecule has 0 radical (unpaired) electrons. The van der Waals surface area contributed by atoms with Crippen molar-refractivity contribution in [1.82, 2.24) is 0 Å². The van der Waals surface area contributed by atoms with Crippen LogP contribution in [0.1, 0.15) is 11.1 Å². The Labute approximate surface area is 107 Å². The normalized spacial score (nSPS) is 10.0. The van der Waals surface area contributed by atoms with Crippen molar-refractivity contribution in [1.29, 1.82) is 5.26 Å². The van der Waals surface area contributed by atoms with Crippen LogP contribution in [-0.2, 0) is 6.61 Å². The first-order valence-corrected chi connectivity index (χ1v) is 5.36. The van der Waals surface area contributed by atoms with E-state index in [2.05, 4.69) is 0 Å². The maximum atomic E-state index is 13.3. The number of benzene rings is 2. The van der Waals surface area contributed by atoms with Crippen LogP contribution in [0.4, 0.5) is 13.2 Å². The lowest BCUT2D eigenvalue weighted by Gasteiger charge is -2.07. The summed E-state index contributed by atoms with van der Waals surface area (Å²) in [7, 11) is 0. The molecule has 0 aliphatic rings. The van der Waals surface area contributed by atoms with Crippen LogP contribution in [0.15, 0.2) is 36.4 Å². The molecule has 2 aromatic carbocycles. The standard InChI is InChI=1S/C14H8F3NO/c15-11-2-4-13(17)14(6-11)19-8-9-1-3-12(16)10(5-9)7-18/h1-6H,8H2. The highest BCUT2D eigenvalue weighted by Gasteiger charge is 2.07. The molecule has 0 saturated heterocycles. The summed E-state index contributed by atoms with van der Waals surface area (Å²) in [5, 5.41) is 8.67. The van der Waals surface area contributed by atoms with Crippen molar-refractivity contribution >= 4 is 0 Å². The quantitative estimate of drug-likeness (QED) is 0.848. The van der Waals surface area contributed by atoms with Gasteiger partial charge in [0.05, 0.1) is 5.56 Å². The van der Waals surface area contributed by atoms with Crippen LogP contribution in [0.2, 0.25) is 0 Å². The second-order valence-electron chi connectivity index (χ2n) is 3.79. The summed E-state index contributed by atoms with van der Waals surface area (Å²) in [4.78, 5) is 0. The molecule has 2 nitrogen and oxygen atoms in total. The largest absolute Gasteiger partial charge is 0.486 e. The van der Waals surface area contributed by atoms with Gasteiger partial charge in [0.25, 0.3) is 0 Å². The van der Waals surface area contributed by atoms with Gasteiger partial charge < -0.3 is 4.74 Å². The lowest BCUT2D eigenvalue weighted by molar-refractivity contribution is 0.288. The second kappa shape index (κ2) is 5.44. The zero-order valence-corrected chi connectivity index (χ0v) is 9.66. The Morgan fingerprint density at radius 2 is 1.74 bits per heavy atom. The lowest BCUT2D eigenvalue weighted by atomic mass is 10.1. The highest BCUT2D eigenvalue weighted by atomic mass is 19.1. The molecule has 0 aliphatic carbocycles. The van der Waals surface area contributed by atoms with Crippen molar-refractivity contribution in [3.63, 3.8) is 0 Å². The van der Waals surface area contributed by atoms with Gasteiger partial charge in [-0.3, -0.25) is 0 Å². The zero-order valence-electron chi connectivity index (χ0n) is 9.66. The summed E-state index contributed by atoms with van der Waals surface area (Å²) < 4.78 is 44.4. The minimum atomic E-state index is -0.691. The van der Waals surface area contributed by atoms with E-state index in [1.54, 1.807) is 6.07 Å². The Morgan fingerprint density at radius 3 is 2.47 bits per heavy atom. The predicted molar refractivity (Wildman–Crippen MR) is 61.8 cm³/mol. The van der Waals surface area contributed by atoms with Crippen molar-refractivity contribution in [2.24, 2.45) is 0 Å². The Kier molecular flexibility index (Phi) is 3.71. The van der Waals surface area contributed by atoms with E-state index < -0.39 is 17.5 Å². The first-order chi connectivity index (χ1) is 9.10. The van der Waals surface area contributed by atoms with Gasteiger partial charge in [0, 0.05) is 6.07 Å². The van der Waals surface area contributed by atoms with Gasteiger partial charge in [-0.15, -0.1) is 0 Å². The summed E-state index contributed by atoms with van der Waals surface area (Å²) in [5.74, 6) is -2.18. The van der Waals surface area contributed by atoms with Crippen LogP contribution in [0.25, 0.3) is 0 Å². The molecular weight excluding hydrogens is 255 g/mol. The molecule has 0 bridgehead atoms. The molecule has 0 heterocycles. The van der Waals surface area contributed by atoms with Gasteiger partial charge in [-0.25, -0.2) is 13.2 Å². The van der Waals surface area contributed by atoms with Gasteiger partial charge in [0.15, 0.2) is 11.6 Å². The summed E-state index contributed by atoms with van der Waals surface area (Å²) >= 11 is 0. The van der Waals surface area contributed by atoms with E-state index >= 15 is 0 Å². The molecule has 0 aliphatic heterocycles. The number of nitrogens with zero attached hydrogens (tertiary/aromatic N) is 1. The predicted octanol–water partition coefficient (Wildman–Crippen LogP) is 3.55. The average molecular weight is 263 g/mol. The highest BCUT2D eigenvalue weighted by molar-refractivity contribution is 5.34. The van der Waals surface area contributed by atoms with Crippen LogP contribution >= 0.6 is 0 Å². The summed E-state index contributed by atoms with van der Waals surface area (Å²) in [6.45, 7) is -0.0880. The molecule has 0 amide bonds. The molecule has 0 saturated carbocycles. The van der Waals surface area contributed by atoms with Gasteiger partial charge in [-0.2, -0.15) is 5.26 Å². The van der Waals surface area contributed by atoms with Crippen molar-refractivity contribution in [2.75, 3.05) is 0 Å². The van der Waals surface area contributed by atoms with E-state index in [0.29, 0.717) is 5.56 Å². The van der Waals surface area contributed by atoms with Crippen LogP contribution < -0.4 is 4.74 Å². The minimum absolute atomic E-state index is 0.0880. The van der Waals surface area contributed by atoms with E-state index in [1.807, 2.05) is 0 Å². The number of nitriles is 1. The maximum absolute atomic E-state index is 13.3. The number of hydrogen-bond donors (Lipinski definition) is 0. The fourth-order valence-corrected chi connectivity index (χ4v) is 1.50. The summed E-state index contributed by atoms with van der Waals surface area (Å²) in [5.41, 5.74) is 0.363. The SMILES string of the molecule is N#Cc1cc(COc2cc(F)ccc2F)ccc1F. The molecule has 0 unspecified atom stereocenters. The molecule has 0 atom stereocenters. The van der Waals surface area contributed by atoms with Crippen LogP contribution in [0.5, 0.6) is 5.75 Å². The van der Waals surface area contributed by atoms with E-state index in [-0.39, 0.29) is 17.9 Å². The molecule has 19 heavy (non-hydrogen) atoms. The Morgan fingerprint density at radius 1 is 1.00 bits per heavy atom. The summed E-state index contributed by atoms with van der Waals surface area (Å²) in [6.07, 6.45) is 0. The molecule has 0 N–H and O–H groups in total. The van der Waals surface area contributed by atoms with Gasteiger partial charge >= 0.3 is 0 Å². The third kappa shape index (κ3) is 3.05. The fourth-order valence-electron chi connectivity index (χ4n) is 1.50. The van der Waals surface area contributed by atoms with E-state index in [9.17, 15) is 13.2 Å². The number of ether oxygens (including phenoxy) is 1. The zero-order chi connectivity index (χ0) is 13.8. The van der Waals surface area contributed by atoms with Crippen molar-refractivity contribution in [3.05, 3.63) is 65.0 Å². The number of rotatable bonds is 3. The molecule has 96 valence electrons. The van der Waals surface area contributed by atoms with E-state index in [0.717, 1.165) is 24.3 Å². The third-order valence-corrected chi connectivity index (χ3v) is 2.44. The van der Waals surface area contributed by atoms with Gasteiger partial charge in [0.2, 0.25) is 0 Å². The Balaban J connectivity index is 2.15. The lowest BCUT2D eigenvalue weighted by Crippen LogP contribution is -1.99. The average Bonchev–Trinajstić information content (AvgIpc) is 2.41. The van der Waals surface area contributed by atoms with Gasteiger partial charge in [0.1, 0.15) is 24.3 Å². The number of hydrogen-bond acceptors (Lipinski definition) is 2. The monoisotopic (exact) mass is 263 g/mol. The second-order valence-corrected chi connectivity index (χ2v) is 3.79. The van der Waals surface area contributed by atoms with Crippen LogP contribution in [0, 0.1) is 28.8 Å². The third-order valence-electron chi connectivity index (χ3n) is 2.44. The van der Waals surface area contributed by atoms with E-state index in [4.69, 9.17) is 10.00 Å². The molecule has 0 fully saturated rings. The highest BCUT2D eigenvalue weighted by Crippen LogP contribution is 2.20. The Hall–Kier alpha value is -2.48. The van der Waals surface area contributed by atoms with Gasteiger partial charge in [-0.05, 0) is 29.8 Å². The number of halogens is 3. The molecule has 5 heteroatoms. The molecule has 2 rings (SSSR count). The van der Waals surface area contributed by atoms with Gasteiger partial charge in [-0.1, -0.05) is 6.07 Å². The van der Waals surface area contributed by atoms with E-state index in [1.165, 1.54) is 12.1 Å². The van der Waals surface area contributed by atoms with Crippen LogP contribution in [0.3, 0.4) is 0 Å². The van der Waals surface area contributed by atoms with Crippen LogP contribution in [-0.4, -0.2) is 0 Å². The first-order valence-electron chi connectivity index (χ1n) is 5.36. The molecule has 2 aromatic rings. The fraction of sp³-hybridized carbons (Fsp3) is 0.0714. The topological polar surface area (TPSA) is 33.0 Å². The first kappa shape index (κ1) is 13.0. The molecule has 0 aromatic heterocycles. The molecular formula is C14H8F3NO. The van der Waals surface area contributed by atoms with Crippen molar-refractivity contribution in [3.8, 4) is 11.8 Å². The van der Waals surface area contributed by atoms with Crippen molar-refractivity contribution < 1.29 is 17.9 Å². The Bertz CT molecular complexity index is 650. The summed E-state index contributed by atoms with van der Waals surface area (Å²) in [6, 6.07) is 8.38. The smallest absolute Gasteiger partial charge is 0.165 e. The van der Waals surface area contributed by atoms with Crippen molar-refractivity contribution in [2.45, 2.75) is 6.61 Å². The maximum Gasteiger partial charge on any atom is 0.165 e.